The van der Waals surface area contributed by atoms with Crippen LogP contribution in [0.5, 0.6) is 11.6 Å². The molecule has 2 aromatic rings. The van der Waals surface area contributed by atoms with Gasteiger partial charge in [0.1, 0.15) is 5.75 Å². The molecule has 2 rings (SSSR count). The molecule has 0 bridgehead atoms. The molecule has 0 aliphatic heterocycles. The number of benzene rings is 1. The Morgan fingerprint density at radius 3 is 2.69 bits per heavy atom. The van der Waals surface area contributed by atoms with Gasteiger partial charge in [0.2, 0.25) is 5.88 Å². The summed E-state index contributed by atoms with van der Waals surface area (Å²) in [6.07, 6.45) is 1.72. The summed E-state index contributed by atoms with van der Waals surface area (Å²) in [5.74, 6) is 2.24. The highest BCUT2D eigenvalue weighted by Gasteiger charge is 2.04. The highest BCUT2D eigenvalue weighted by molar-refractivity contribution is 14.0. The van der Waals surface area contributed by atoms with Crippen LogP contribution in [0.25, 0.3) is 0 Å². The molecular weight excluding hydrogens is 443 g/mol. The molecule has 0 aliphatic carbocycles. The van der Waals surface area contributed by atoms with Crippen molar-refractivity contribution >= 4 is 29.9 Å². The topological polar surface area (TPSA) is 67.8 Å². The molecule has 2 N–H and O–H groups in total. The Hall–Kier alpha value is -2.03. The summed E-state index contributed by atoms with van der Waals surface area (Å²) in [4.78, 5) is 8.73. The van der Waals surface area contributed by atoms with Crippen LogP contribution in [0.15, 0.2) is 47.6 Å². The first-order chi connectivity index (χ1) is 12.3. The molecule has 0 aliphatic rings. The maximum Gasteiger partial charge on any atom is 0.213 e. The molecule has 26 heavy (non-hydrogen) atoms. The molecule has 6 nitrogen and oxygen atoms in total. The molecular formula is C19H27IN4O2. The highest BCUT2D eigenvalue weighted by atomic mass is 127. The zero-order valence-corrected chi connectivity index (χ0v) is 17.8. The number of nitrogens with one attached hydrogen (secondary N) is 2. The van der Waals surface area contributed by atoms with Gasteiger partial charge < -0.3 is 20.1 Å². The van der Waals surface area contributed by atoms with E-state index in [-0.39, 0.29) is 24.0 Å². The molecule has 1 aromatic carbocycles. The van der Waals surface area contributed by atoms with Crippen LogP contribution in [-0.2, 0) is 13.1 Å². The van der Waals surface area contributed by atoms with E-state index in [1.807, 2.05) is 44.2 Å². The zero-order chi connectivity index (χ0) is 17.9. The second-order valence-electron chi connectivity index (χ2n) is 5.30. The molecule has 0 fully saturated rings. The number of hydrogen-bond donors (Lipinski definition) is 2. The van der Waals surface area contributed by atoms with Crippen molar-refractivity contribution in [1.29, 1.82) is 0 Å². The third kappa shape index (κ3) is 7.07. The average Bonchev–Trinajstić information content (AvgIpc) is 2.65. The number of para-hydroxylation sites is 1. The summed E-state index contributed by atoms with van der Waals surface area (Å²) in [5, 5.41) is 6.60. The van der Waals surface area contributed by atoms with Crippen LogP contribution in [0.4, 0.5) is 0 Å². The Morgan fingerprint density at radius 2 is 1.96 bits per heavy atom. The Kier molecular flexibility index (Phi) is 10.5. The van der Waals surface area contributed by atoms with Gasteiger partial charge in [-0.25, -0.2) is 9.98 Å². The van der Waals surface area contributed by atoms with Gasteiger partial charge in [-0.1, -0.05) is 18.2 Å². The lowest BCUT2D eigenvalue weighted by Crippen LogP contribution is -2.36. The second kappa shape index (κ2) is 12.3. The summed E-state index contributed by atoms with van der Waals surface area (Å²) < 4.78 is 10.8. The maximum absolute atomic E-state index is 5.66. The number of nitrogens with zero attached hydrogens (tertiary/aromatic N) is 2. The highest BCUT2D eigenvalue weighted by Crippen LogP contribution is 2.17. The molecule has 0 radical (unpaired) electrons. The smallest absolute Gasteiger partial charge is 0.213 e. The second-order valence-corrected chi connectivity index (χ2v) is 5.30. The van der Waals surface area contributed by atoms with Crippen molar-refractivity contribution in [3.8, 4) is 11.6 Å². The van der Waals surface area contributed by atoms with Crippen LogP contribution in [0.1, 0.15) is 25.0 Å². The molecule has 142 valence electrons. The molecule has 0 saturated carbocycles. The fourth-order valence-corrected chi connectivity index (χ4v) is 2.30. The Bertz CT molecular complexity index is 695. The molecule has 0 amide bonds. The van der Waals surface area contributed by atoms with Crippen molar-refractivity contribution in [2.75, 3.05) is 20.3 Å². The lowest BCUT2D eigenvalue weighted by atomic mass is 10.2. The van der Waals surface area contributed by atoms with Gasteiger partial charge in [-0.15, -0.1) is 24.0 Å². The van der Waals surface area contributed by atoms with E-state index in [0.717, 1.165) is 29.4 Å². The van der Waals surface area contributed by atoms with Crippen LogP contribution in [0, 0.1) is 0 Å². The van der Waals surface area contributed by atoms with Crippen LogP contribution in [0.2, 0.25) is 0 Å². The number of methoxy groups -OCH3 is 1. The largest absolute Gasteiger partial charge is 0.494 e. The van der Waals surface area contributed by atoms with Gasteiger partial charge >= 0.3 is 0 Å². The van der Waals surface area contributed by atoms with Crippen molar-refractivity contribution in [3.63, 3.8) is 0 Å². The monoisotopic (exact) mass is 470 g/mol. The van der Waals surface area contributed by atoms with Gasteiger partial charge in [0.25, 0.3) is 0 Å². The van der Waals surface area contributed by atoms with Crippen LogP contribution in [-0.4, -0.2) is 31.2 Å². The summed E-state index contributed by atoms with van der Waals surface area (Å²) >= 11 is 0. The summed E-state index contributed by atoms with van der Waals surface area (Å²) in [7, 11) is 1.61. The number of aliphatic imine (C=N–C) groups is 1. The average molecular weight is 470 g/mol. The summed E-state index contributed by atoms with van der Waals surface area (Å²) in [5.41, 5.74) is 2.14. The number of aromatic nitrogens is 1. The van der Waals surface area contributed by atoms with E-state index in [4.69, 9.17) is 9.47 Å². The van der Waals surface area contributed by atoms with E-state index >= 15 is 0 Å². The first-order valence-electron chi connectivity index (χ1n) is 8.48. The number of rotatable bonds is 8. The van der Waals surface area contributed by atoms with E-state index in [2.05, 4.69) is 26.7 Å². The molecule has 0 atom stereocenters. The Morgan fingerprint density at radius 1 is 1.15 bits per heavy atom. The van der Waals surface area contributed by atoms with Crippen LogP contribution in [0.3, 0.4) is 0 Å². The van der Waals surface area contributed by atoms with E-state index < -0.39 is 0 Å². The minimum Gasteiger partial charge on any atom is -0.494 e. The van der Waals surface area contributed by atoms with Gasteiger partial charge in [0, 0.05) is 30.9 Å². The molecule has 7 heteroatoms. The molecule has 0 unspecified atom stereocenters. The van der Waals surface area contributed by atoms with E-state index in [9.17, 15) is 0 Å². The first-order valence-corrected chi connectivity index (χ1v) is 8.48. The molecule has 1 heterocycles. The summed E-state index contributed by atoms with van der Waals surface area (Å²) in [6.45, 7) is 6.65. The third-order valence-electron chi connectivity index (χ3n) is 3.49. The maximum atomic E-state index is 5.66. The van der Waals surface area contributed by atoms with Gasteiger partial charge in [-0.3, -0.25) is 0 Å². The zero-order valence-electron chi connectivity index (χ0n) is 15.5. The standard InChI is InChI=1S/C19H26N4O2.HI/c1-4-20-19(22-13-15-10-11-21-18(12-15)24-3)23-14-16-8-6-7-9-17(16)25-5-2;/h6-12H,4-5,13-14H2,1-3H3,(H2,20,22,23);1H. The van der Waals surface area contributed by atoms with Crippen LogP contribution < -0.4 is 20.1 Å². The predicted molar refractivity (Wildman–Crippen MR) is 115 cm³/mol. The van der Waals surface area contributed by atoms with E-state index in [1.54, 1.807) is 13.3 Å². The van der Waals surface area contributed by atoms with E-state index in [1.165, 1.54) is 0 Å². The fraction of sp³-hybridized carbons (Fsp3) is 0.368. The summed E-state index contributed by atoms with van der Waals surface area (Å²) in [6, 6.07) is 11.8. The van der Waals surface area contributed by atoms with Crippen molar-refractivity contribution < 1.29 is 9.47 Å². The lowest BCUT2D eigenvalue weighted by Gasteiger charge is -2.14. The molecule has 1 aromatic heterocycles. The van der Waals surface area contributed by atoms with Gasteiger partial charge in [-0.2, -0.15) is 0 Å². The van der Waals surface area contributed by atoms with Crippen molar-refractivity contribution in [2.24, 2.45) is 4.99 Å². The van der Waals surface area contributed by atoms with Gasteiger partial charge in [0.15, 0.2) is 5.96 Å². The van der Waals surface area contributed by atoms with Crippen LogP contribution >= 0.6 is 24.0 Å². The Labute approximate surface area is 172 Å². The number of hydrogen-bond acceptors (Lipinski definition) is 4. The molecule has 0 spiro atoms. The SMILES string of the molecule is CCNC(=NCc1ccnc(OC)c1)NCc1ccccc1OCC.I. The quantitative estimate of drug-likeness (QED) is 0.352. The minimum absolute atomic E-state index is 0. The minimum atomic E-state index is 0. The van der Waals surface area contributed by atoms with Crippen molar-refractivity contribution in [1.82, 2.24) is 15.6 Å². The number of halogens is 1. The van der Waals surface area contributed by atoms with Gasteiger partial charge in [-0.05, 0) is 31.5 Å². The third-order valence-corrected chi connectivity index (χ3v) is 3.49. The normalized spacial score (nSPS) is 10.7. The first kappa shape index (κ1) is 22.0. The number of pyridine rings is 1. The fourth-order valence-electron chi connectivity index (χ4n) is 2.30. The van der Waals surface area contributed by atoms with Gasteiger partial charge in [0.05, 0.1) is 20.3 Å². The van der Waals surface area contributed by atoms with Crippen molar-refractivity contribution in [2.45, 2.75) is 26.9 Å². The number of ether oxygens (including phenoxy) is 2. The Balaban J connectivity index is 0.00000338. The van der Waals surface area contributed by atoms with Crippen molar-refractivity contribution in [3.05, 3.63) is 53.7 Å². The van der Waals surface area contributed by atoms with E-state index in [0.29, 0.717) is 25.6 Å². The number of guanidine groups is 1. The lowest BCUT2D eigenvalue weighted by molar-refractivity contribution is 0.336. The molecule has 0 saturated heterocycles. The predicted octanol–water partition coefficient (Wildman–Crippen LogP) is 3.36.